The van der Waals surface area contributed by atoms with Crippen molar-refractivity contribution in [3.8, 4) is 11.8 Å². The maximum absolute atomic E-state index is 13.2. The number of pyridine rings is 1. The number of halogens is 3. The largest absolute Gasteiger partial charge is 0.490 e. The topological polar surface area (TPSA) is 155 Å². The van der Waals surface area contributed by atoms with Crippen LogP contribution < -0.4 is 15.8 Å². The summed E-state index contributed by atoms with van der Waals surface area (Å²) in [6.45, 7) is 5.36. The third kappa shape index (κ3) is 6.61. The molecule has 3 aromatic rings. The van der Waals surface area contributed by atoms with Crippen LogP contribution in [0.5, 0.6) is 0 Å². The fraction of sp³-hybridized carbons (Fsp3) is 0.364. The number of carboxylic acid groups (broad SMARTS) is 2. The van der Waals surface area contributed by atoms with Crippen molar-refractivity contribution in [3.05, 3.63) is 34.2 Å². The van der Waals surface area contributed by atoms with Crippen LogP contribution in [0.2, 0.25) is 0 Å². The van der Waals surface area contributed by atoms with E-state index >= 15 is 0 Å². The minimum absolute atomic E-state index is 0.0955. The number of aliphatic carboxylic acids is 1. The second-order valence-corrected chi connectivity index (χ2v) is 8.68. The van der Waals surface area contributed by atoms with E-state index in [0.29, 0.717) is 33.8 Å². The first kappa shape index (κ1) is 28.5. The third-order valence-electron chi connectivity index (χ3n) is 5.16. The van der Waals surface area contributed by atoms with Crippen LogP contribution in [0, 0.1) is 11.8 Å². The van der Waals surface area contributed by atoms with Gasteiger partial charge in [0.1, 0.15) is 5.03 Å². The number of alkyl halides is 3. The molecule has 1 saturated heterocycles. The highest BCUT2D eigenvalue weighted by Gasteiger charge is 2.38. The smallest absolute Gasteiger partial charge is 0.478 e. The minimum atomic E-state index is -5.08. The highest BCUT2D eigenvalue weighted by atomic mass is 32.2. The molecule has 0 atom stereocenters. The van der Waals surface area contributed by atoms with Gasteiger partial charge in [0.05, 0.1) is 12.1 Å². The second-order valence-electron chi connectivity index (χ2n) is 7.69. The standard InChI is InChI=1S/C20H21N7O3S.C2HF3O2/c1-3-4-9-27-15-16(23-19(27)26-10-7-21-8-11-26)24-20(25(2)17(15)28)31-14-6-5-13(12-22-14)18(29)30;3-2(4,5)1(6)7/h5-6,12,21H,7-11H2,1-2H3,(H,29,30);(H,6,7). The average Bonchev–Trinajstić information content (AvgIpc) is 3.24. The van der Waals surface area contributed by atoms with E-state index in [1.54, 1.807) is 20.0 Å². The Kier molecular flexibility index (Phi) is 8.96. The molecule has 1 aliphatic heterocycles. The Bertz CT molecular complexity index is 1450. The van der Waals surface area contributed by atoms with Gasteiger partial charge in [-0.1, -0.05) is 5.92 Å². The fourth-order valence-corrected chi connectivity index (χ4v) is 4.08. The van der Waals surface area contributed by atoms with Crippen molar-refractivity contribution in [2.24, 2.45) is 7.05 Å². The molecule has 38 heavy (non-hydrogen) atoms. The molecule has 3 aromatic heterocycles. The Balaban J connectivity index is 0.000000505. The Hall–Kier alpha value is -4.10. The molecule has 4 rings (SSSR count). The molecular weight excluding hydrogens is 531 g/mol. The van der Waals surface area contributed by atoms with Crippen molar-refractivity contribution in [1.82, 2.24) is 29.4 Å². The van der Waals surface area contributed by atoms with E-state index in [4.69, 9.17) is 15.0 Å². The summed E-state index contributed by atoms with van der Waals surface area (Å²) in [7, 11) is 1.65. The summed E-state index contributed by atoms with van der Waals surface area (Å²) in [5.41, 5.74) is 0.649. The van der Waals surface area contributed by atoms with E-state index < -0.39 is 18.1 Å². The summed E-state index contributed by atoms with van der Waals surface area (Å²) in [6, 6.07) is 3.06. The number of imidazole rings is 1. The number of hydrogen-bond donors (Lipinski definition) is 3. The molecule has 0 bridgehead atoms. The first-order valence-corrected chi connectivity index (χ1v) is 11.8. The van der Waals surface area contributed by atoms with Gasteiger partial charge < -0.3 is 20.4 Å². The number of carbonyl (C=O) groups is 2. The van der Waals surface area contributed by atoms with E-state index in [1.165, 1.54) is 28.6 Å². The molecule has 0 spiro atoms. The van der Waals surface area contributed by atoms with E-state index in [-0.39, 0.29) is 11.1 Å². The van der Waals surface area contributed by atoms with Gasteiger partial charge in [-0.15, -0.1) is 5.92 Å². The van der Waals surface area contributed by atoms with Crippen LogP contribution in [0.15, 0.2) is 33.3 Å². The molecule has 4 heterocycles. The molecule has 0 saturated carbocycles. The SMILES string of the molecule is CC#CCn1c(N2CCNCC2)nc2nc(Sc3ccc(C(=O)O)cn3)n(C)c(=O)c21.O=C(O)C(F)(F)F. The molecule has 202 valence electrons. The lowest BCUT2D eigenvalue weighted by molar-refractivity contribution is -0.192. The maximum Gasteiger partial charge on any atom is 0.490 e. The zero-order valence-electron chi connectivity index (χ0n) is 20.1. The summed E-state index contributed by atoms with van der Waals surface area (Å²) in [6.07, 6.45) is -3.80. The first-order chi connectivity index (χ1) is 17.9. The van der Waals surface area contributed by atoms with Crippen molar-refractivity contribution in [3.63, 3.8) is 0 Å². The molecule has 0 aromatic carbocycles. The van der Waals surface area contributed by atoms with Gasteiger partial charge in [0.2, 0.25) is 5.95 Å². The summed E-state index contributed by atoms with van der Waals surface area (Å²) < 4.78 is 35.0. The van der Waals surface area contributed by atoms with Crippen LogP contribution in [0.25, 0.3) is 11.2 Å². The monoisotopic (exact) mass is 553 g/mol. The summed E-state index contributed by atoms with van der Waals surface area (Å²) in [4.78, 5) is 48.7. The van der Waals surface area contributed by atoms with E-state index in [0.717, 1.165) is 26.2 Å². The number of piperazine rings is 1. The lowest BCUT2D eigenvalue weighted by Crippen LogP contribution is -2.44. The highest BCUT2D eigenvalue weighted by Crippen LogP contribution is 2.26. The number of aromatic carboxylic acids is 1. The molecule has 0 amide bonds. The van der Waals surface area contributed by atoms with Gasteiger partial charge in [0, 0.05) is 39.4 Å². The van der Waals surface area contributed by atoms with Crippen LogP contribution >= 0.6 is 11.8 Å². The van der Waals surface area contributed by atoms with Gasteiger partial charge in [-0.3, -0.25) is 13.9 Å². The maximum atomic E-state index is 13.2. The molecule has 16 heteroatoms. The predicted octanol–water partition coefficient (Wildman–Crippen LogP) is 1.44. The van der Waals surface area contributed by atoms with Gasteiger partial charge in [0.25, 0.3) is 5.56 Å². The van der Waals surface area contributed by atoms with Crippen molar-refractivity contribution in [2.45, 2.75) is 29.8 Å². The van der Waals surface area contributed by atoms with Gasteiger partial charge in [-0.25, -0.2) is 19.6 Å². The van der Waals surface area contributed by atoms with Gasteiger partial charge in [0.15, 0.2) is 16.3 Å². The number of anilines is 1. The van der Waals surface area contributed by atoms with Crippen LogP contribution in [0.1, 0.15) is 17.3 Å². The van der Waals surface area contributed by atoms with Crippen LogP contribution in [-0.4, -0.2) is 78.6 Å². The Morgan fingerprint density at radius 3 is 2.37 bits per heavy atom. The van der Waals surface area contributed by atoms with Crippen molar-refractivity contribution < 1.29 is 33.0 Å². The molecule has 1 fully saturated rings. The van der Waals surface area contributed by atoms with Crippen molar-refractivity contribution in [2.75, 3.05) is 31.1 Å². The number of nitrogens with zero attached hydrogens (tertiary/aromatic N) is 6. The van der Waals surface area contributed by atoms with Crippen LogP contribution in [0.3, 0.4) is 0 Å². The average molecular weight is 554 g/mol. The van der Waals surface area contributed by atoms with Crippen molar-refractivity contribution in [1.29, 1.82) is 0 Å². The molecule has 12 nitrogen and oxygen atoms in total. The number of fused-ring (bicyclic) bond motifs is 1. The predicted molar refractivity (Wildman–Crippen MR) is 130 cm³/mol. The first-order valence-electron chi connectivity index (χ1n) is 10.9. The lowest BCUT2D eigenvalue weighted by atomic mass is 10.3. The summed E-state index contributed by atoms with van der Waals surface area (Å²) in [5, 5.41) is 20.4. The van der Waals surface area contributed by atoms with E-state index in [9.17, 15) is 22.8 Å². The second kappa shape index (κ2) is 12.0. The Morgan fingerprint density at radius 1 is 1.18 bits per heavy atom. The minimum Gasteiger partial charge on any atom is -0.478 e. The quantitative estimate of drug-likeness (QED) is 0.310. The number of carboxylic acids is 2. The van der Waals surface area contributed by atoms with Crippen molar-refractivity contribution >= 4 is 40.8 Å². The normalized spacial score (nSPS) is 13.3. The molecule has 1 aliphatic rings. The zero-order chi connectivity index (χ0) is 28.0. The fourth-order valence-electron chi connectivity index (χ4n) is 3.30. The number of hydrogen-bond acceptors (Lipinski definition) is 9. The highest BCUT2D eigenvalue weighted by molar-refractivity contribution is 7.99. The molecule has 0 unspecified atom stereocenters. The van der Waals surface area contributed by atoms with E-state index in [2.05, 4.69) is 37.0 Å². The number of nitrogens with one attached hydrogen (secondary N) is 1. The van der Waals surface area contributed by atoms with Crippen LogP contribution in [-0.2, 0) is 18.4 Å². The van der Waals surface area contributed by atoms with Gasteiger partial charge in [-0.2, -0.15) is 18.2 Å². The summed E-state index contributed by atoms with van der Waals surface area (Å²) in [5.74, 6) is 2.80. The Morgan fingerprint density at radius 2 is 1.84 bits per heavy atom. The van der Waals surface area contributed by atoms with Gasteiger partial charge >= 0.3 is 18.1 Å². The number of aromatic nitrogens is 5. The zero-order valence-corrected chi connectivity index (χ0v) is 20.9. The van der Waals surface area contributed by atoms with Gasteiger partial charge in [-0.05, 0) is 30.8 Å². The lowest BCUT2D eigenvalue weighted by Gasteiger charge is -2.28. The van der Waals surface area contributed by atoms with E-state index in [1.807, 2.05) is 4.57 Å². The molecule has 0 radical (unpaired) electrons. The summed E-state index contributed by atoms with van der Waals surface area (Å²) >= 11 is 1.18. The molecule has 0 aliphatic carbocycles. The molecule has 3 N–H and O–H groups in total. The molecular formula is C22H22F3N7O5S. The van der Waals surface area contributed by atoms with Crippen LogP contribution in [0.4, 0.5) is 19.1 Å². The Labute approximate surface area is 217 Å². The number of rotatable bonds is 5. The third-order valence-corrected chi connectivity index (χ3v) is 6.16.